The molecule has 0 amide bonds. The number of nitrogens with zero attached hydrogens (tertiary/aromatic N) is 1. The van der Waals surface area contributed by atoms with Crippen LogP contribution in [0.4, 0.5) is 10.1 Å². The molecule has 0 aromatic heterocycles. The molecule has 1 atom stereocenters. The molecule has 0 fully saturated rings. The Labute approximate surface area is 116 Å². The summed E-state index contributed by atoms with van der Waals surface area (Å²) in [5.74, 6) is -0.151. The molecule has 19 heavy (non-hydrogen) atoms. The second-order valence-corrected chi connectivity index (χ2v) is 5.16. The third-order valence-electron chi connectivity index (χ3n) is 3.39. The molecule has 108 valence electrons. The summed E-state index contributed by atoms with van der Waals surface area (Å²) in [6.45, 7) is 8.03. The summed E-state index contributed by atoms with van der Waals surface area (Å²) >= 11 is 0. The molecule has 0 saturated heterocycles. The van der Waals surface area contributed by atoms with Gasteiger partial charge < -0.3 is 10.6 Å². The van der Waals surface area contributed by atoms with Gasteiger partial charge in [0.05, 0.1) is 5.69 Å². The molecule has 3 heteroatoms. The van der Waals surface area contributed by atoms with Gasteiger partial charge in [-0.15, -0.1) is 0 Å². The molecule has 2 N–H and O–H groups in total. The lowest BCUT2D eigenvalue weighted by molar-refractivity contribution is 0.597. The molecule has 0 radical (unpaired) electrons. The molecule has 0 saturated carbocycles. The zero-order valence-corrected chi connectivity index (χ0v) is 12.5. The average Bonchev–Trinajstić information content (AvgIpc) is 2.39. The van der Waals surface area contributed by atoms with Gasteiger partial charge in [0, 0.05) is 19.1 Å². The van der Waals surface area contributed by atoms with Gasteiger partial charge >= 0.3 is 0 Å². The SMILES string of the molecule is CCCCN(CCCC)c1c(F)cccc1[C@@H](C)N. The lowest BCUT2D eigenvalue weighted by Gasteiger charge is -2.28. The standard InChI is InChI=1S/C16H27FN2/c1-4-6-11-19(12-7-5-2)16-14(13(3)18)9-8-10-15(16)17/h8-10,13H,4-7,11-12,18H2,1-3H3/t13-/m1/s1. The summed E-state index contributed by atoms with van der Waals surface area (Å²) in [6.07, 6.45) is 4.39. The Hall–Kier alpha value is -1.09. The van der Waals surface area contributed by atoms with E-state index in [1.165, 1.54) is 6.07 Å². The summed E-state index contributed by atoms with van der Waals surface area (Å²) in [7, 11) is 0. The van der Waals surface area contributed by atoms with Crippen molar-refractivity contribution in [3.63, 3.8) is 0 Å². The van der Waals surface area contributed by atoms with E-state index in [9.17, 15) is 4.39 Å². The Bertz CT molecular complexity index is 369. The van der Waals surface area contributed by atoms with Crippen molar-refractivity contribution in [3.8, 4) is 0 Å². The van der Waals surface area contributed by atoms with Crippen LogP contribution in [-0.4, -0.2) is 13.1 Å². The van der Waals surface area contributed by atoms with Crippen molar-refractivity contribution in [2.45, 2.75) is 52.5 Å². The maximum Gasteiger partial charge on any atom is 0.146 e. The monoisotopic (exact) mass is 266 g/mol. The van der Waals surface area contributed by atoms with E-state index < -0.39 is 0 Å². The fourth-order valence-electron chi connectivity index (χ4n) is 2.27. The van der Waals surface area contributed by atoms with Crippen molar-refractivity contribution < 1.29 is 4.39 Å². The molecule has 1 aromatic carbocycles. The van der Waals surface area contributed by atoms with E-state index in [0.29, 0.717) is 5.69 Å². The van der Waals surface area contributed by atoms with Gasteiger partial charge in [0.15, 0.2) is 0 Å². The molecule has 0 bridgehead atoms. The number of hydrogen-bond acceptors (Lipinski definition) is 2. The molecule has 0 aliphatic heterocycles. The van der Waals surface area contributed by atoms with Crippen LogP contribution in [0.5, 0.6) is 0 Å². The summed E-state index contributed by atoms with van der Waals surface area (Å²) in [6, 6.07) is 5.08. The first-order chi connectivity index (χ1) is 9.11. The summed E-state index contributed by atoms with van der Waals surface area (Å²) in [4.78, 5) is 2.17. The molecule has 1 rings (SSSR count). The summed E-state index contributed by atoms with van der Waals surface area (Å²) in [5.41, 5.74) is 7.60. The molecular weight excluding hydrogens is 239 g/mol. The Morgan fingerprint density at radius 3 is 2.21 bits per heavy atom. The molecular formula is C16H27FN2. The smallest absolute Gasteiger partial charge is 0.146 e. The number of unbranched alkanes of at least 4 members (excludes halogenated alkanes) is 2. The average molecular weight is 266 g/mol. The largest absolute Gasteiger partial charge is 0.369 e. The second-order valence-electron chi connectivity index (χ2n) is 5.16. The third-order valence-corrected chi connectivity index (χ3v) is 3.39. The first kappa shape index (κ1) is 16.0. The number of benzene rings is 1. The van der Waals surface area contributed by atoms with Gasteiger partial charge in [-0.3, -0.25) is 0 Å². The lowest BCUT2D eigenvalue weighted by Crippen LogP contribution is -2.28. The van der Waals surface area contributed by atoms with Crippen molar-refractivity contribution in [1.29, 1.82) is 0 Å². The van der Waals surface area contributed by atoms with Crippen LogP contribution in [0, 0.1) is 5.82 Å². The van der Waals surface area contributed by atoms with Crippen LogP contribution < -0.4 is 10.6 Å². The van der Waals surface area contributed by atoms with Crippen molar-refractivity contribution >= 4 is 5.69 Å². The number of halogens is 1. The lowest BCUT2D eigenvalue weighted by atomic mass is 10.0. The number of hydrogen-bond donors (Lipinski definition) is 1. The van der Waals surface area contributed by atoms with E-state index >= 15 is 0 Å². The molecule has 0 spiro atoms. The minimum Gasteiger partial charge on any atom is -0.369 e. The highest BCUT2D eigenvalue weighted by atomic mass is 19.1. The van der Waals surface area contributed by atoms with Crippen LogP contribution >= 0.6 is 0 Å². The van der Waals surface area contributed by atoms with E-state index in [-0.39, 0.29) is 11.9 Å². The second kappa shape index (κ2) is 8.16. The van der Waals surface area contributed by atoms with Gasteiger partial charge in [-0.1, -0.05) is 38.8 Å². The molecule has 2 nitrogen and oxygen atoms in total. The van der Waals surface area contributed by atoms with Crippen LogP contribution in [0.3, 0.4) is 0 Å². The topological polar surface area (TPSA) is 29.3 Å². The van der Waals surface area contributed by atoms with Crippen molar-refractivity contribution in [2.75, 3.05) is 18.0 Å². The van der Waals surface area contributed by atoms with Gasteiger partial charge in [0.1, 0.15) is 5.82 Å². The maximum absolute atomic E-state index is 14.2. The van der Waals surface area contributed by atoms with Gasteiger partial charge in [-0.25, -0.2) is 4.39 Å². The number of nitrogens with two attached hydrogens (primary N) is 1. The highest BCUT2D eigenvalue weighted by Crippen LogP contribution is 2.29. The summed E-state index contributed by atoms with van der Waals surface area (Å²) < 4.78 is 14.2. The normalized spacial score (nSPS) is 12.5. The van der Waals surface area contributed by atoms with E-state index in [0.717, 1.165) is 44.3 Å². The first-order valence-corrected chi connectivity index (χ1v) is 7.40. The predicted molar refractivity (Wildman–Crippen MR) is 81.0 cm³/mol. The highest BCUT2D eigenvalue weighted by Gasteiger charge is 2.17. The number of para-hydroxylation sites is 1. The Kier molecular flexibility index (Phi) is 6.85. The fourth-order valence-corrected chi connectivity index (χ4v) is 2.27. The van der Waals surface area contributed by atoms with Crippen LogP contribution in [0.25, 0.3) is 0 Å². The Morgan fingerprint density at radius 2 is 1.74 bits per heavy atom. The predicted octanol–water partition coefficient (Wildman–Crippen LogP) is 4.25. The van der Waals surface area contributed by atoms with Crippen LogP contribution in [0.2, 0.25) is 0 Å². The van der Waals surface area contributed by atoms with Gasteiger partial charge in [0.25, 0.3) is 0 Å². The molecule has 1 aromatic rings. The van der Waals surface area contributed by atoms with Crippen LogP contribution in [-0.2, 0) is 0 Å². The van der Waals surface area contributed by atoms with Gasteiger partial charge in [-0.2, -0.15) is 0 Å². The number of rotatable bonds is 8. The van der Waals surface area contributed by atoms with Crippen LogP contribution in [0.1, 0.15) is 58.1 Å². The van der Waals surface area contributed by atoms with E-state index in [1.54, 1.807) is 6.07 Å². The molecule has 0 heterocycles. The van der Waals surface area contributed by atoms with Crippen molar-refractivity contribution in [3.05, 3.63) is 29.6 Å². The zero-order chi connectivity index (χ0) is 14.3. The van der Waals surface area contributed by atoms with Gasteiger partial charge in [-0.05, 0) is 31.4 Å². The minimum atomic E-state index is -0.151. The van der Waals surface area contributed by atoms with E-state index in [4.69, 9.17) is 5.73 Å². The van der Waals surface area contributed by atoms with E-state index in [2.05, 4.69) is 18.7 Å². The van der Waals surface area contributed by atoms with E-state index in [1.807, 2.05) is 13.0 Å². The minimum absolute atomic E-state index is 0.142. The van der Waals surface area contributed by atoms with Crippen LogP contribution in [0.15, 0.2) is 18.2 Å². The maximum atomic E-state index is 14.2. The molecule has 0 aliphatic rings. The Morgan fingerprint density at radius 1 is 1.16 bits per heavy atom. The highest BCUT2D eigenvalue weighted by molar-refractivity contribution is 5.56. The third kappa shape index (κ3) is 4.50. The van der Waals surface area contributed by atoms with Crippen molar-refractivity contribution in [1.82, 2.24) is 0 Å². The summed E-state index contributed by atoms with van der Waals surface area (Å²) in [5, 5.41) is 0. The molecule has 0 aliphatic carbocycles. The van der Waals surface area contributed by atoms with Crippen molar-refractivity contribution in [2.24, 2.45) is 5.73 Å². The number of anilines is 1. The Balaban J connectivity index is 3.04. The quantitative estimate of drug-likeness (QED) is 0.762. The van der Waals surface area contributed by atoms with Gasteiger partial charge in [0.2, 0.25) is 0 Å². The fraction of sp³-hybridized carbons (Fsp3) is 0.625. The zero-order valence-electron chi connectivity index (χ0n) is 12.5. The first-order valence-electron chi connectivity index (χ1n) is 7.40. The molecule has 0 unspecified atom stereocenters.